The minimum absolute atomic E-state index is 0.0104. The first-order chi connectivity index (χ1) is 8.36. The van der Waals surface area contributed by atoms with Crippen molar-refractivity contribution in [1.29, 1.82) is 0 Å². The van der Waals surface area contributed by atoms with E-state index in [1.165, 1.54) is 11.1 Å². The molecule has 0 spiro atoms. The fourth-order valence-corrected chi connectivity index (χ4v) is 2.26. The van der Waals surface area contributed by atoms with Gasteiger partial charge in [-0.3, -0.25) is 0 Å². The first kappa shape index (κ1) is 13.1. The molecular formula is C15H23N3. The van der Waals surface area contributed by atoms with Gasteiger partial charge in [-0.05, 0) is 17.7 Å². The Bertz CT molecular complexity index is 564. The van der Waals surface area contributed by atoms with Crippen molar-refractivity contribution in [2.45, 2.75) is 39.0 Å². The number of fused-ring (bicyclic) bond motifs is 1. The van der Waals surface area contributed by atoms with Crippen LogP contribution >= 0.6 is 0 Å². The molecule has 0 bridgehead atoms. The van der Waals surface area contributed by atoms with Crippen molar-refractivity contribution in [2.75, 3.05) is 6.54 Å². The summed E-state index contributed by atoms with van der Waals surface area (Å²) in [6.45, 7) is 9.34. The van der Waals surface area contributed by atoms with E-state index in [-0.39, 0.29) is 5.41 Å². The zero-order chi connectivity index (χ0) is 13.5. The molecule has 0 radical (unpaired) electrons. The van der Waals surface area contributed by atoms with Gasteiger partial charge in [-0.1, -0.05) is 33.8 Å². The molecule has 1 heterocycles. The normalized spacial score (nSPS) is 12.6. The van der Waals surface area contributed by atoms with E-state index in [0.717, 1.165) is 11.3 Å². The first-order valence-electron chi connectivity index (χ1n) is 6.53. The molecule has 3 heteroatoms. The Morgan fingerprint density at radius 1 is 1.33 bits per heavy atom. The van der Waals surface area contributed by atoms with E-state index in [4.69, 9.17) is 10.7 Å². The van der Waals surface area contributed by atoms with Gasteiger partial charge in [0.05, 0.1) is 11.0 Å². The maximum absolute atomic E-state index is 5.85. The van der Waals surface area contributed by atoms with Gasteiger partial charge >= 0.3 is 0 Å². The lowest BCUT2D eigenvalue weighted by atomic mass is 9.85. The standard InChI is InChI=1S/C15H23N3/c1-10(2)14-17-12-7-6-11(15(3,4)9-16)8-13(12)18(14)5/h6-8,10H,9,16H2,1-5H3. The van der Waals surface area contributed by atoms with Crippen LogP contribution < -0.4 is 5.73 Å². The van der Waals surface area contributed by atoms with Crippen LogP contribution in [0.5, 0.6) is 0 Å². The van der Waals surface area contributed by atoms with Crippen molar-refractivity contribution in [3.05, 3.63) is 29.6 Å². The largest absolute Gasteiger partial charge is 0.331 e. The average Bonchev–Trinajstić information content (AvgIpc) is 2.66. The molecule has 18 heavy (non-hydrogen) atoms. The minimum Gasteiger partial charge on any atom is -0.331 e. The smallest absolute Gasteiger partial charge is 0.112 e. The molecule has 3 nitrogen and oxygen atoms in total. The van der Waals surface area contributed by atoms with Crippen LogP contribution in [0.1, 0.15) is 45.0 Å². The van der Waals surface area contributed by atoms with Crippen molar-refractivity contribution in [3.8, 4) is 0 Å². The second-order valence-electron chi connectivity index (χ2n) is 5.98. The molecule has 0 atom stereocenters. The van der Waals surface area contributed by atoms with Crippen molar-refractivity contribution in [3.63, 3.8) is 0 Å². The molecule has 98 valence electrons. The van der Waals surface area contributed by atoms with Gasteiger partial charge in [0, 0.05) is 24.9 Å². The molecule has 0 fully saturated rings. The Hall–Kier alpha value is -1.35. The van der Waals surface area contributed by atoms with Gasteiger partial charge in [0.1, 0.15) is 5.82 Å². The van der Waals surface area contributed by atoms with Crippen molar-refractivity contribution in [2.24, 2.45) is 12.8 Å². The molecule has 0 aliphatic heterocycles. The zero-order valence-corrected chi connectivity index (χ0v) is 12.0. The summed E-state index contributed by atoms with van der Waals surface area (Å²) < 4.78 is 2.19. The van der Waals surface area contributed by atoms with Crippen LogP contribution in [0, 0.1) is 0 Å². The van der Waals surface area contributed by atoms with Crippen molar-refractivity contribution >= 4 is 11.0 Å². The van der Waals surface area contributed by atoms with Crippen LogP contribution in [-0.4, -0.2) is 16.1 Å². The Kier molecular flexibility index (Phi) is 3.20. The monoisotopic (exact) mass is 245 g/mol. The van der Waals surface area contributed by atoms with E-state index in [1.54, 1.807) is 0 Å². The third kappa shape index (κ3) is 2.03. The van der Waals surface area contributed by atoms with E-state index in [1.807, 2.05) is 0 Å². The summed E-state index contributed by atoms with van der Waals surface area (Å²) in [6, 6.07) is 6.47. The first-order valence-corrected chi connectivity index (χ1v) is 6.53. The SMILES string of the molecule is CC(C)c1nc2ccc(C(C)(C)CN)cc2n1C. The zero-order valence-electron chi connectivity index (χ0n) is 12.0. The fourth-order valence-electron chi connectivity index (χ4n) is 2.26. The van der Waals surface area contributed by atoms with Gasteiger partial charge in [0.25, 0.3) is 0 Å². The Labute approximate surface area is 109 Å². The summed E-state index contributed by atoms with van der Waals surface area (Å²) in [4.78, 5) is 4.69. The van der Waals surface area contributed by atoms with E-state index >= 15 is 0 Å². The highest BCUT2D eigenvalue weighted by molar-refractivity contribution is 5.77. The van der Waals surface area contributed by atoms with Crippen molar-refractivity contribution < 1.29 is 0 Å². The third-order valence-corrected chi connectivity index (χ3v) is 3.72. The van der Waals surface area contributed by atoms with Gasteiger partial charge < -0.3 is 10.3 Å². The van der Waals surface area contributed by atoms with Crippen LogP contribution in [0.15, 0.2) is 18.2 Å². The lowest BCUT2D eigenvalue weighted by molar-refractivity contribution is 0.539. The molecular weight excluding hydrogens is 222 g/mol. The summed E-state index contributed by atoms with van der Waals surface area (Å²) in [5.41, 5.74) is 9.40. The Balaban J connectivity index is 2.62. The molecule has 0 saturated carbocycles. The van der Waals surface area contributed by atoms with Crippen LogP contribution in [-0.2, 0) is 12.5 Å². The number of rotatable bonds is 3. The molecule has 0 unspecified atom stereocenters. The molecule has 0 aliphatic carbocycles. The number of aryl methyl sites for hydroxylation is 1. The molecule has 1 aromatic carbocycles. The quantitative estimate of drug-likeness (QED) is 0.903. The summed E-state index contributed by atoms with van der Waals surface area (Å²) in [7, 11) is 2.09. The van der Waals surface area contributed by atoms with Gasteiger partial charge in [-0.25, -0.2) is 4.98 Å². The summed E-state index contributed by atoms with van der Waals surface area (Å²) in [6.07, 6.45) is 0. The summed E-state index contributed by atoms with van der Waals surface area (Å²) in [5.74, 6) is 1.57. The number of aromatic nitrogens is 2. The number of imidazole rings is 1. The number of hydrogen-bond acceptors (Lipinski definition) is 2. The highest BCUT2D eigenvalue weighted by Gasteiger charge is 2.20. The average molecular weight is 245 g/mol. The maximum Gasteiger partial charge on any atom is 0.112 e. The van der Waals surface area contributed by atoms with Crippen molar-refractivity contribution in [1.82, 2.24) is 9.55 Å². The molecule has 2 N–H and O–H groups in total. The van der Waals surface area contributed by atoms with Gasteiger partial charge in [0.15, 0.2) is 0 Å². The van der Waals surface area contributed by atoms with Gasteiger partial charge in [-0.2, -0.15) is 0 Å². The third-order valence-electron chi connectivity index (χ3n) is 3.72. The predicted molar refractivity (Wildman–Crippen MR) is 76.9 cm³/mol. The number of hydrogen-bond donors (Lipinski definition) is 1. The van der Waals surface area contributed by atoms with E-state index in [9.17, 15) is 0 Å². The fraction of sp³-hybridized carbons (Fsp3) is 0.533. The van der Waals surface area contributed by atoms with Gasteiger partial charge in [0.2, 0.25) is 0 Å². The molecule has 0 saturated heterocycles. The van der Waals surface area contributed by atoms with E-state index in [0.29, 0.717) is 12.5 Å². The number of benzene rings is 1. The molecule has 2 aromatic rings. The second kappa shape index (κ2) is 4.39. The van der Waals surface area contributed by atoms with Crippen LogP contribution in [0.3, 0.4) is 0 Å². The number of nitrogens with two attached hydrogens (primary N) is 1. The second-order valence-corrected chi connectivity index (χ2v) is 5.98. The maximum atomic E-state index is 5.85. The van der Waals surface area contributed by atoms with Crippen LogP contribution in [0.4, 0.5) is 0 Å². The lowest BCUT2D eigenvalue weighted by Gasteiger charge is -2.23. The minimum atomic E-state index is 0.0104. The summed E-state index contributed by atoms with van der Waals surface area (Å²) in [5, 5.41) is 0. The molecule has 1 aromatic heterocycles. The lowest BCUT2D eigenvalue weighted by Crippen LogP contribution is -2.27. The van der Waals surface area contributed by atoms with E-state index in [2.05, 4.69) is 57.5 Å². The topological polar surface area (TPSA) is 43.8 Å². The number of nitrogens with zero attached hydrogens (tertiary/aromatic N) is 2. The molecule has 0 amide bonds. The summed E-state index contributed by atoms with van der Waals surface area (Å²) >= 11 is 0. The Morgan fingerprint density at radius 3 is 2.56 bits per heavy atom. The predicted octanol–water partition coefficient (Wildman–Crippen LogP) is 2.93. The Morgan fingerprint density at radius 2 is 2.00 bits per heavy atom. The van der Waals surface area contributed by atoms with Crippen LogP contribution in [0.25, 0.3) is 11.0 Å². The van der Waals surface area contributed by atoms with E-state index < -0.39 is 0 Å². The highest BCUT2D eigenvalue weighted by Crippen LogP contribution is 2.27. The van der Waals surface area contributed by atoms with Gasteiger partial charge in [-0.15, -0.1) is 0 Å². The molecule has 0 aliphatic rings. The highest BCUT2D eigenvalue weighted by atomic mass is 15.1. The van der Waals surface area contributed by atoms with Crippen LogP contribution in [0.2, 0.25) is 0 Å². The molecule has 2 rings (SSSR count).